The van der Waals surface area contributed by atoms with Crippen LogP contribution in [0.15, 0.2) is 42.5 Å². The number of aryl methyl sites for hydroxylation is 1. The Morgan fingerprint density at radius 3 is 2.38 bits per heavy atom. The Morgan fingerprint density at radius 1 is 1.14 bits per heavy atom. The summed E-state index contributed by atoms with van der Waals surface area (Å²) in [5.41, 5.74) is 1.26. The first-order chi connectivity index (χ1) is 9.83. The molecule has 0 aliphatic carbocycles. The maximum Gasteiger partial charge on any atom is 0.573 e. The summed E-state index contributed by atoms with van der Waals surface area (Å²) >= 11 is 0. The zero-order valence-corrected chi connectivity index (χ0v) is 10.9. The summed E-state index contributed by atoms with van der Waals surface area (Å²) in [7, 11) is 0. The maximum absolute atomic E-state index is 12.0. The number of nitrogens with zero attached hydrogens (tertiary/aromatic N) is 1. The molecule has 0 unspecified atom stereocenters. The molecular weight excluding hydrogens is 285 g/mol. The topological polar surface area (TPSA) is 51.2 Å². The Kier molecular flexibility index (Phi) is 4.11. The normalized spacial score (nSPS) is 11.0. The average molecular weight is 296 g/mol. The highest BCUT2D eigenvalue weighted by Crippen LogP contribution is 2.24. The number of carbonyl (C=O) groups excluding carboxylic acids is 1. The van der Waals surface area contributed by atoms with E-state index >= 15 is 0 Å². The van der Waals surface area contributed by atoms with Gasteiger partial charge in [0.25, 0.3) is 5.91 Å². The summed E-state index contributed by atoms with van der Waals surface area (Å²) in [4.78, 5) is 15.9. The first-order valence-corrected chi connectivity index (χ1v) is 5.94. The van der Waals surface area contributed by atoms with Crippen LogP contribution in [0, 0.1) is 6.92 Å². The van der Waals surface area contributed by atoms with Crippen LogP contribution in [0.5, 0.6) is 5.75 Å². The number of carbonyl (C=O) groups is 1. The van der Waals surface area contributed by atoms with E-state index in [0.29, 0.717) is 11.4 Å². The van der Waals surface area contributed by atoms with E-state index in [1.807, 2.05) is 0 Å². The number of amides is 1. The van der Waals surface area contributed by atoms with Gasteiger partial charge in [0.1, 0.15) is 11.4 Å². The third kappa shape index (κ3) is 4.48. The standard InChI is InChI=1S/C14H11F3N2O2/c1-9-3-2-4-12(18-9)13(20)19-10-5-7-11(8-6-10)21-14(15,16)17/h2-8H,1H3,(H,19,20). The molecule has 0 atom stereocenters. The molecule has 0 radical (unpaired) electrons. The second-order valence-electron chi connectivity index (χ2n) is 4.19. The Hall–Kier alpha value is -2.57. The van der Waals surface area contributed by atoms with Crippen molar-refractivity contribution in [2.24, 2.45) is 0 Å². The van der Waals surface area contributed by atoms with Gasteiger partial charge in [-0.15, -0.1) is 13.2 Å². The van der Waals surface area contributed by atoms with Crippen molar-refractivity contribution in [3.8, 4) is 5.75 Å². The molecule has 0 aliphatic heterocycles. The van der Waals surface area contributed by atoms with Crippen LogP contribution in [0.3, 0.4) is 0 Å². The molecule has 1 N–H and O–H groups in total. The summed E-state index contributed by atoms with van der Waals surface area (Å²) < 4.78 is 39.8. The van der Waals surface area contributed by atoms with Crippen molar-refractivity contribution < 1.29 is 22.7 Å². The highest BCUT2D eigenvalue weighted by atomic mass is 19.4. The first-order valence-electron chi connectivity index (χ1n) is 5.94. The third-order valence-corrected chi connectivity index (χ3v) is 2.47. The highest BCUT2D eigenvalue weighted by Gasteiger charge is 2.30. The molecule has 2 rings (SSSR count). The molecule has 0 saturated heterocycles. The lowest BCUT2D eigenvalue weighted by Crippen LogP contribution is -2.17. The van der Waals surface area contributed by atoms with E-state index in [2.05, 4.69) is 15.0 Å². The lowest BCUT2D eigenvalue weighted by atomic mass is 10.2. The predicted molar refractivity (Wildman–Crippen MR) is 70.1 cm³/mol. The summed E-state index contributed by atoms with van der Waals surface area (Å²) in [5.74, 6) is -0.794. The number of ether oxygens (including phenoxy) is 1. The number of halogens is 3. The van der Waals surface area contributed by atoms with Gasteiger partial charge in [0.15, 0.2) is 0 Å². The van der Waals surface area contributed by atoms with E-state index in [0.717, 1.165) is 12.1 Å². The monoisotopic (exact) mass is 296 g/mol. The molecule has 1 aromatic heterocycles. The van der Waals surface area contributed by atoms with Crippen molar-refractivity contribution in [3.63, 3.8) is 0 Å². The summed E-state index contributed by atoms with van der Waals surface area (Å²) in [6.07, 6.45) is -4.74. The average Bonchev–Trinajstić information content (AvgIpc) is 2.39. The quantitative estimate of drug-likeness (QED) is 0.942. The maximum atomic E-state index is 12.0. The van der Waals surface area contributed by atoms with Gasteiger partial charge in [-0.05, 0) is 43.3 Å². The largest absolute Gasteiger partial charge is 0.573 e. The van der Waals surface area contributed by atoms with Crippen molar-refractivity contribution >= 4 is 11.6 Å². The molecule has 0 fully saturated rings. The van der Waals surface area contributed by atoms with Gasteiger partial charge in [0.2, 0.25) is 0 Å². The molecule has 0 aliphatic rings. The molecule has 2 aromatic rings. The van der Waals surface area contributed by atoms with E-state index in [-0.39, 0.29) is 11.4 Å². The van der Waals surface area contributed by atoms with E-state index in [1.54, 1.807) is 25.1 Å². The molecule has 0 spiro atoms. The van der Waals surface area contributed by atoms with Crippen molar-refractivity contribution in [1.82, 2.24) is 4.98 Å². The van der Waals surface area contributed by atoms with Crippen LogP contribution in [0.1, 0.15) is 16.2 Å². The summed E-state index contributed by atoms with van der Waals surface area (Å²) in [5, 5.41) is 2.54. The second-order valence-corrected chi connectivity index (χ2v) is 4.19. The minimum absolute atomic E-state index is 0.227. The summed E-state index contributed by atoms with van der Waals surface area (Å²) in [6.45, 7) is 1.75. The van der Waals surface area contributed by atoms with Gasteiger partial charge in [-0.2, -0.15) is 0 Å². The zero-order chi connectivity index (χ0) is 15.5. The number of nitrogens with one attached hydrogen (secondary N) is 1. The van der Waals surface area contributed by atoms with E-state index in [9.17, 15) is 18.0 Å². The zero-order valence-electron chi connectivity index (χ0n) is 10.9. The van der Waals surface area contributed by atoms with Crippen LogP contribution in [-0.4, -0.2) is 17.3 Å². The van der Waals surface area contributed by atoms with Crippen LogP contribution in [0.4, 0.5) is 18.9 Å². The van der Waals surface area contributed by atoms with Crippen LogP contribution < -0.4 is 10.1 Å². The van der Waals surface area contributed by atoms with Crippen molar-refractivity contribution in [2.75, 3.05) is 5.32 Å². The molecule has 4 nitrogen and oxygen atoms in total. The second kappa shape index (κ2) is 5.82. The fourth-order valence-electron chi connectivity index (χ4n) is 1.60. The van der Waals surface area contributed by atoms with Gasteiger partial charge in [-0.3, -0.25) is 4.79 Å². The molecule has 21 heavy (non-hydrogen) atoms. The van der Waals surface area contributed by atoms with Crippen LogP contribution in [-0.2, 0) is 0 Å². The number of alkyl halides is 3. The fraction of sp³-hybridized carbons (Fsp3) is 0.143. The number of rotatable bonds is 3. The molecular formula is C14H11F3N2O2. The molecule has 1 aromatic carbocycles. The van der Waals surface area contributed by atoms with Crippen molar-refractivity contribution in [3.05, 3.63) is 53.9 Å². The Bertz CT molecular complexity index is 639. The molecule has 1 heterocycles. The minimum Gasteiger partial charge on any atom is -0.406 e. The highest BCUT2D eigenvalue weighted by molar-refractivity contribution is 6.02. The molecule has 0 bridgehead atoms. The van der Waals surface area contributed by atoms with Crippen molar-refractivity contribution in [2.45, 2.75) is 13.3 Å². The van der Waals surface area contributed by atoms with Crippen molar-refractivity contribution in [1.29, 1.82) is 0 Å². The molecule has 7 heteroatoms. The first kappa shape index (κ1) is 14.8. The van der Waals surface area contributed by atoms with Crippen LogP contribution in [0.2, 0.25) is 0 Å². The Labute approximate surface area is 118 Å². The number of hydrogen-bond donors (Lipinski definition) is 1. The number of benzene rings is 1. The molecule has 0 saturated carbocycles. The number of pyridine rings is 1. The number of hydrogen-bond acceptors (Lipinski definition) is 3. The Balaban J connectivity index is 2.05. The van der Waals surface area contributed by atoms with E-state index < -0.39 is 12.3 Å². The molecule has 1 amide bonds. The Morgan fingerprint density at radius 2 is 1.81 bits per heavy atom. The third-order valence-electron chi connectivity index (χ3n) is 2.47. The van der Waals surface area contributed by atoms with Gasteiger partial charge in [0.05, 0.1) is 0 Å². The van der Waals surface area contributed by atoms with Crippen LogP contribution >= 0.6 is 0 Å². The lowest BCUT2D eigenvalue weighted by Gasteiger charge is -2.10. The summed E-state index contributed by atoms with van der Waals surface area (Å²) in [6, 6.07) is 9.85. The van der Waals surface area contributed by atoms with Gasteiger partial charge in [-0.25, -0.2) is 4.98 Å². The fourth-order valence-corrected chi connectivity index (χ4v) is 1.60. The molecule has 110 valence electrons. The number of aromatic nitrogens is 1. The van der Waals surface area contributed by atoms with Gasteiger partial charge in [0, 0.05) is 11.4 Å². The van der Waals surface area contributed by atoms with Gasteiger partial charge < -0.3 is 10.1 Å². The predicted octanol–water partition coefficient (Wildman–Crippen LogP) is 3.54. The smallest absolute Gasteiger partial charge is 0.406 e. The number of anilines is 1. The van der Waals surface area contributed by atoms with Crippen LogP contribution in [0.25, 0.3) is 0 Å². The minimum atomic E-state index is -4.74. The SMILES string of the molecule is Cc1cccc(C(=O)Nc2ccc(OC(F)(F)F)cc2)n1. The van der Waals surface area contributed by atoms with E-state index in [1.165, 1.54) is 12.1 Å². The van der Waals surface area contributed by atoms with E-state index in [4.69, 9.17) is 0 Å². The van der Waals surface area contributed by atoms with Gasteiger partial charge in [-0.1, -0.05) is 6.07 Å². The lowest BCUT2D eigenvalue weighted by molar-refractivity contribution is -0.274. The van der Waals surface area contributed by atoms with Gasteiger partial charge >= 0.3 is 6.36 Å².